The first-order valence-corrected chi connectivity index (χ1v) is 6.48. The molecule has 1 heteroatoms. The van der Waals surface area contributed by atoms with Gasteiger partial charge in [0.1, 0.15) is 0 Å². The summed E-state index contributed by atoms with van der Waals surface area (Å²) in [5, 5.41) is 3.24. The molecule has 0 bridgehead atoms. The molecule has 0 saturated heterocycles. The maximum Gasteiger partial charge on any atom is 0.0543 e. The van der Waals surface area contributed by atoms with Gasteiger partial charge >= 0.3 is 0 Å². The molecule has 1 rings (SSSR count). The van der Waals surface area contributed by atoms with Crippen molar-refractivity contribution in [2.75, 3.05) is 5.32 Å². The van der Waals surface area contributed by atoms with Crippen LogP contribution in [0.25, 0.3) is 5.57 Å². The number of hydrogen-bond acceptors (Lipinski definition) is 1. The van der Waals surface area contributed by atoms with E-state index in [1.54, 1.807) is 0 Å². The Labute approximate surface area is 116 Å². The van der Waals surface area contributed by atoms with E-state index in [2.05, 4.69) is 49.9 Å². The number of terminal acetylenes is 1. The van der Waals surface area contributed by atoms with E-state index in [0.717, 1.165) is 28.9 Å². The van der Waals surface area contributed by atoms with Gasteiger partial charge in [-0.3, -0.25) is 0 Å². The minimum Gasteiger partial charge on any atom is -0.355 e. The van der Waals surface area contributed by atoms with Crippen LogP contribution in [0, 0.1) is 12.3 Å². The lowest BCUT2D eigenvalue weighted by Crippen LogP contribution is -1.98. The van der Waals surface area contributed by atoms with Gasteiger partial charge in [0.15, 0.2) is 0 Å². The third-order valence-corrected chi connectivity index (χ3v) is 2.91. The molecule has 0 heterocycles. The number of allylic oxidation sites excluding steroid dienone is 4. The summed E-state index contributed by atoms with van der Waals surface area (Å²) >= 11 is 0. The smallest absolute Gasteiger partial charge is 0.0543 e. The minimum absolute atomic E-state index is 0.842. The molecular formula is C18H21N. The molecule has 0 unspecified atom stereocenters. The third kappa shape index (κ3) is 4.19. The van der Waals surface area contributed by atoms with Crippen LogP contribution in [0.5, 0.6) is 0 Å². The Kier molecular flexibility index (Phi) is 5.70. The van der Waals surface area contributed by atoms with Crippen LogP contribution in [0.2, 0.25) is 0 Å². The zero-order chi connectivity index (χ0) is 14.3. The highest BCUT2D eigenvalue weighted by atomic mass is 14.9. The van der Waals surface area contributed by atoms with Gasteiger partial charge in [0.2, 0.25) is 0 Å². The van der Waals surface area contributed by atoms with Crippen LogP contribution in [0.1, 0.15) is 38.3 Å². The predicted octanol–water partition coefficient (Wildman–Crippen LogP) is 4.98. The molecule has 0 saturated carbocycles. The molecular weight excluding hydrogens is 230 g/mol. The lowest BCUT2D eigenvalue weighted by Gasteiger charge is -2.11. The molecule has 1 aromatic rings. The van der Waals surface area contributed by atoms with Gasteiger partial charge in [0.25, 0.3) is 0 Å². The van der Waals surface area contributed by atoms with Crippen molar-refractivity contribution in [2.24, 2.45) is 0 Å². The molecule has 98 valence electrons. The van der Waals surface area contributed by atoms with Crippen LogP contribution >= 0.6 is 0 Å². The van der Waals surface area contributed by atoms with E-state index in [9.17, 15) is 0 Å². The largest absolute Gasteiger partial charge is 0.355 e. The van der Waals surface area contributed by atoms with Gasteiger partial charge in [-0.15, -0.1) is 6.42 Å². The third-order valence-electron chi connectivity index (χ3n) is 2.91. The molecule has 0 radical (unpaired) electrons. The fourth-order valence-electron chi connectivity index (χ4n) is 1.66. The van der Waals surface area contributed by atoms with Crippen LogP contribution in [-0.4, -0.2) is 0 Å². The molecule has 0 atom stereocenters. The van der Waals surface area contributed by atoms with Crippen LogP contribution in [-0.2, 0) is 0 Å². The first-order valence-electron chi connectivity index (χ1n) is 6.48. The lowest BCUT2D eigenvalue weighted by molar-refractivity contribution is 1.22. The van der Waals surface area contributed by atoms with Crippen molar-refractivity contribution < 1.29 is 0 Å². The van der Waals surface area contributed by atoms with Crippen LogP contribution < -0.4 is 5.32 Å². The SMILES string of the molecule is C#Cc1cc(/C(C)=C\C)ccc1NC(=C)/C=C/CC. The summed E-state index contributed by atoms with van der Waals surface area (Å²) in [5.74, 6) is 2.72. The summed E-state index contributed by atoms with van der Waals surface area (Å²) in [7, 11) is 0. The molecule has 0 aliphatic carbocycles. The molecule has 0 aliphatic heterocycles. The van der Waals surface area contributed by atoms with E-state index in [1.165, 1.54) is 5.57 Å². The van der Waals surface area contributed by atoms with E-state index in [-0.39, 0.29) is 0 Å². The van der Waals surface area contributed by atoms with E-state index in [1.807, 2.05) is 25.1 Å². The second kappa shape index (κ2) is 7.28. The van der Waals surface area contributed by atoms with Crippen LogP contribution in [0.3, 0.4) is 0 Å². The van der Waals surface area contributed by atoms with E-state index < -0.39 is 0 Å². The highest BCUT2D eigenvalue weighted by Crippen LogP contribution is 2.22. The Bertz CT molecular complexity index is 554. The van der Waals surface area contributed by atoms with Crippen molar-refractivity contribution >= 4 is 11.3 Å². The minimum atomic E-state index is 0.842. The average molecular weight is 251 g/mol. The molecule has 0 aliphatic rings. The maximum atomic E-state index is 5.58. The van der Waals surface area contributed by atoms with E-state index >= 15 is 0 Å². The fraction of sp³-hybridized carbons (Fsp3) is 0.222. The summed E-state index contributed by atoms with van der Waals surface area (Å²) in [5.41, 5.74) is 4.97. The van der Waals surface area contributed by atoms with Gasteiger partial charge in [-0.2, -0.15) is 0 Å². The van der Waals surface area contributed by atoms with Gasteiger partial charge in [-0.05, 0) is 49.6 Å². The van der Waals surface area contributed by atoms with Crippen molar-refractivity contribution in [3.63, 3.8) is 0 Å². The van der Waals surface area contributed by atoms with Crippen molar-refractivity contribution in [2.45, 2.75) is 27.2 Å². The number of anilines is 1. The number of hydrogen-bond donors (Lipinski definition) is 1. The summed E-state index contributed by atoms with van der Waals surface area (Å²) in [6.45, 7) is 10.1. The standard InChI is InChI=1S/C18H21N/c1-6-9-10-15(5)19-18-12-11-17(14(4)7-2)13-16(18)8-3/h3,7,9-13,19H,5-6H2,1-2,4H3/b10-9+,14-7-. The van der Waals surface area contributed by atoms with Crippen molar-refractivity contribution in [1.29, 1.82) is 0 Å². The first kappa shape index (κ1) is 14.9. The summed E-state index contributed by atoms with van der Waals surface area (Å²) in [4.78, 5) is 0. The number of benzene rings is 1. The molecule has 1 N–H and O–H groups in total. The predicted molar refractivity (Wildman–Crippen MR) is 85.9 cm³/mol. The van der Waals surface area contributed by atoms with Gasteiger partial charge < -0.3 is 5.32 Å². The maximum absolute atomic E-state index is 5.58. The second-order valence-electron chi connectivity index (χ2n) is 4.34. The Morgan fingerprint density at radius 3 is 2.79 bits per heavy atom. The molecule has 1 aromatic carbocycles. The molecule has 0 spiro atoms. The second-order valence-corrected chi connectivity index (χ2v) is 4.34. The zero-order valence-corrected chi connectivity index (χ0v) is 12.0. The first-order chi connectivity index (χ1) is 9.12. The van der Waals surface area contributed by atoms with Gasteiger partial charge in [-0.1, -0.05) is 37.6 Å². The van der Waals surface area contributed by atoms with E-state index in [0.29, 0.717) is 0 Å². The zero-order valence-electron chi connectivity index (χ0n) is 12.0. The van der Waals surface area contributed by atoms with Crippen molar-refractivity contribution in [3.8, 4) is 12.3 Å². The summed E-state index contributed by atoms with van der Waals surface area (Å²) in [6, 6.07) is 6.09. The Morgan fingerprint density at radius 1 is 1.47 bits per heavy atom. The Hall–Kier alpha value is -2.20. The van der Waals surface area contributed by atoms with Crippen molar-refractivity contribution in [3.05, 3.63) is 59.8 Å². The fourth-order valence-corrected chi connectivity index (χ4v) is 1.66. The van der Waals surface area contributed by atoms with Crippen LogP contribution in [0.15, 0.2) is 48.7 Å². The Morgan fingerprint density at radius 2 is 2.21 bits per heavy atom. The van der Waals surface area contributed by atoms with Gasteiger partial charge in [0, 0.05) is 11.3 Å². The highest BCUT2D eigenvalue weighted by Gasteiger charge is 2.03. The highest BCUT2D eigenvalue weighted by molar-refractivity contribution is 5.71. The van der Waals surface area contributed by atoms with Crippen LogP contribution in [0.4, 0.5) is 5.69 Å². The number of nitrogens with one attached hydrogen (secondary N) is 1. The average Bonchev–Trinajstić information content (AvgIpc) is 2.44. The molecule has 0 fully saturated rings. The van der Waals surface area contributed by atoms with Gasteiger partial charge in [-0.25, -0.2) is 0 Å². The molecule has 1 nitrogen and oxygen atoms in total. The normalized spacial score (nSPS) is 11.4. The van der Waals surface area contributed by atoms with E-state index in [4.69, 9.17) is 6.42 Å². The topological polar surface area (TPSA) is 12.0 Å². The Balaban J connectivity index is 3.01. The quantitative estimate of drug-likeness (QED) is 0.574. The van der Waals surface area contributed by atoms with Gasteiger partial charge in [0.05, 0.1) is 5.69 Å². The van der Waals surface area contributed by atoms with Crippen molar-refractivity contribution in [1.82, 2.24) is 0 Å². The summed E-state index contributed by atoms with van der Waals surface area (Å²) in [6.07, 6.45) is 12.7. The molecule has 0 aromatic heterocycles. The molecule has 19 heavy (non-hydrogen) atoms. The number of rotatable bonds is 5. The monoisotopic (exact) mass is 251 g/mol. The lowest BCUT2D eigenvalue weighted by atomic mass is 10.0. The molecule has 0 amide bonds. The summed E-state index contributed by atoms with van der Waals surface area (Å²) < 4.78 is 0.